The highest BCUT2D eigenvalue weighted by Gasteiger charge is 2.15. The summed E-state index contributed by atoms with van der Waals surface area (Å²) in [6.07, 6.45) is 4.27. The lowest BCUT2D eigenvalue weighted by Gasteiger charge is -2.14. The number of fused-ring (bicyclic) bond motifs is 2. The van der Waals surface area contributed by atoms with Crippen molar-refractivity contribution in [3.05, 3.63) is 81.5 Å². The van der Waals surface area contributed by atoms with Crippen molar-refractivity contribution >= 4 is 33.5 Å². The minimum absolute atomic E-state index is 0.216. The molecule has 0 saturated heterocycles. The lowest BCUT2D eigenvalue weighted by atomic mass is 10.1. The summed E-state index contributed by atoms with van der Waals surface area (Å²) in [5.74, 6) is 0. The summed E-state index contributed by atoms with van der Waals surface area (Å²) in [4.78, 5) is 17.0. The Morgan fingerprint density at radius 1 is 1.13 bits per heavy atom. The maximum absolute atomic E-state index is 12.7. The first-order valence-electron chi connectivity index (χ1n) is 6.93. The predicted octanol–water partition coefficient (Wildman–Crippen LogP) is 2.83. The second-order valence-electron chi connectivity index (χ2n) is 5.12. The van der Waals surface area contributed by atoms with E-state index in [1.807, 2.05) is 16.7 Å². The number of pyridine rings is 3. The zero-order valence-electron chi connectivity index (χ0n) is 11.8. The van der Waals surface area contributed by atoms with Gasteiger partial charge < -0.3 is 5.21 Å². The van der Waals surface area contributed by atoms with Crippen molar-refractivity contribution in [1.29, 1.82) is 0 Å². The highest BCUT2D eigenvalue weighted by atomic mass is 35.5. The molecule has 3 aromatic heterocycles. The van der Waals surface area contributed by atoms with Crippen LogP contribution >= 0.6 is 11.6 Å². The summed E-state index contributed by atoms with van der Waals surface area (Å²) in [7, 11) is 0. The second kappa shape index (κ2) is 5.07. The molecule has 0 aliphatic rings. The number of aromatic nitrogens is 3. The van der Waals surface area contributed by atoms with E-state index in [-0.39, 0.29) is 5.43 Å². The zero-order chi connectivity index (χ0) is 16.0. The number of nitrogens with zero attached hydrogens (tertiary/aromatic N) is 3. The quantitative estimate of drug-likeness (QED) is 0.307. The third kappa shape index (κ3) is 2.13. The topological polar surface area (TPSA) is 61.8 Å². The van der Waals surface area contributed by atoms with Crippen LogP contribution in [-0.4, -0.2) is 9.55 Å². The standard InChI is InChI=1S/C17H10ClN3O2/c18-11-3-1-4-12(9-11)21-15-6-8-20(23)10-14(15)16(22)13-5-2-7-19-17(13)21/h1-10H. The van der Waals surface area contributed by atoms with Crippen LogP contribution in [0.3, 0.4) is 0 Å². The number of hydrogen-bond acceptors (Lipinski definition) is 3. The summed E-state index contributed by atoms with van der Waals surface area (Å²) in [5.41, 5.74) is 1.69. The molecule has 23 heavy (non-hydrogen) atoms. The number of halogens is 1. The van der Waals surface area contributed by atoms with E-state index in [9.17, 15) is 10.0 Å². The van der Waals surface area contributed by atoms with E-state index in [0.29, 0.717) is 31.7 Å². The molecule has 3 heterocycles. The lowest BCUT2D eigenvalue weighted by Crippen LogP contribution is -2.26. The molecular weight excluding hydrogens is 314 g/mol. The fourth-order valence-electron chi connectivity index (χ4n) is 2.73. The van der Waals surface area contributed by atoms with Gasteiger partial charge in [0, 0.05) is 23.0 Å². The Bertz CT molecular complexity index is 1120. The first-order valence-corrected chi connectivity index (χ1v) is 7.31. The van der Waals surface area contributed by atoms with Crippen LogP contribution in [0.1, 0.15) is 0 Å². The smallest absolute Gasteiger partial charge is 0.204 e. The third-order valence-electron chi connectivity index (χ3n) is 3.71. The summed E-state index contributed by atoms with van der Waals surface area (Å²) in [6.45, 7) is 0. The SMILES string of the molecule is O=c1c2c[n+]([O-])ccc2n(-c2cccc(Cl)c2)c2ncccc12. The van der Waals surface area contributed by atoms with Crippen LogP contribution in [0.25, 0.3) is 27.6 Å². The van der Waals surface area contributed by atoms with Crippen LogP contribution in [0.5, 0.6) is 0 Å². The summed E-state index contributed by atoms with van der Waals surface area (Å²) in [5, 5.41) is 13.0. The number of benzene rings is 1. The molecule has 0 aliphatic carbocycles. The summed E-state index contributed by atoms with van der Waals surface area (Å²) in [6, 6.07) is 12.3. The molecule has 0 radical (unpaired) electrons. The van der Waals surface area contributed by atoms with E-state index in [1.165, 1.54) is 12.4 Å². The van der Waals surface area contributed by atoms with Gasteiger partial charge in [0.25, 0.3) is 0 Å². The molecule has 0 amide bonds. The third-order valence-corrected chi connectivity index (χ3v) is 3.94. The summed E-state index contributed by atoms with van der Waals surface area (Å²) < 4.78 is 2.45. The fraction of sp³-hybridized carbons (Fsp3) is 0. The van der Waals surface area contributed by atoms with Gasteiger partial charge in [0.1, 0.15) is 11.0 Å². The zero-order valence-corrected chi connectivity index (χ0v) is 12.6. The van der Waals surface area contributed by atoms with Crippen LogP contribution in [-0.2, 0) is 0 Å². The maximum atomic E-state index is 12.7. The number of hydrogen-bond donors (Lipinski definition) is 0. The van der Waals surface area contributed by atoms with Crippen molar-refractivity contribution in [1.82, 2.24) is 9.55 Å². The first-order chi connectivity index (χ1) is 11.1. The van der Waals surface area contributed by atoms with Crippen molar-refractivity contribution in [2.75, 3.05) is 0 Å². The van der Waals surface area contributed by atoms with Crippen LogP contribution in [0.2, 0.25) is 5.02 Å². The minimum Gasteiger partial charge on any atom is -0.619 e. The Hall–Kier alpha value is -2.92. The number of rotatable bonds is 1. The molecule has 6 heteroatoms. The van der Waals surface area contributed by atoms with Crippen molar-refractivity contribution < 1.29 is 4.73 Å². The normalized spacial score (nSPS) is 11.2. The van der Waals surface area contributed by atoms with Gasteiger partial charge in [0.05, 0.1) is 10.9 Å². The molecule has 4 aromatic rings. The molecule has 112 valence electrons. The van der Waals surface area contributed by atoms with E-state index in [2.05, 4.69) is 4.98 Å². The van der Waals surface area contributed by atoms with Gasteiger partial charge in [-0.15, -0.1) is 0 Å². The van der Waals surface area contributed by atoms with Crippen LogP contribution in [0, 0.1) is 5.21 Å². The molecule has 0 spiro atoms. The Labute approximate surface area is 135 Å². The molecule has 4 rings (SSSR count). The van der Waals surface area contributed by atoms with Crippen LogP contribution < -0.4 is 10.2 Å². The molecule has 0 fully saturated rings. The van der Waals surface area contributed by atoms with Gasteiger partial charge >= 0.3 is 0 Å². The van der Waals surface area contributed by atoms with Crippen molar-refractivity contribution in [2.45, 2.75) is 0 Å². The van der Waals surface area contributed by atoms with E-state index >= 15 is 0 Å². The molecule has 1 aromatic carbocycles. The van der Waals surface area contributed by atoms with E-state index in [1.54, 1.807) is 36.5 Å². The molecular formula is C17H10ClN3O2. The van der Waals surface area contributed by atoms with Gasteiger partial charge in [-0.2, -0.15) is 4.73 Å². The van der Waals surface area contributed by atoms with Crippen molar-refractivity contribution in [3.8, 4) is 5.69 Å². The highest BCUT2D eigenvalue weighted by molar-refractivity contribution is 6.30. The Morgan fingerprint density at radius 2 is 2.00 bits per heavy atom. The van der Waals surface area contributed by atoms with Crippen LogP contribution in [0.4, 0.5) is 0 Å². The van der Waals surface area contributed by atoms with Gasteiger partial charge in [-0.05, 0) is 30.3 Å². The van der Waals surface area contributed by atoms with E-state index < -0.39 is 0 Å². The second-order valence-corrected chi connectivity index (χ2v) is 5.56. The average Bonchev–Trinajstić information content (AvgIpc) is 2.56. The largest absolute Gasteiger partial charge is 0.619 e. The van der Waals surface area contributed by atoms with Crippen molar-refractivity contribution in [3.63, 3.8) is 0 Å². The monoisotopic (exact) mass is 323 g/mol. The Morgan fingerprint density at radius 3 is 2.83 bits per heavy atom. The Balaban J connectivity index is 2.28. The van der Waals surface area contributed by atoms with Gasteiger partial charge in [-0.25, -0.2) is 4.98 Å². The van der Waals surface area contributed by atoms with Gasteiger partial charge in [0.2, 0.25) is 5.43 Å². The molecule has 0 aliphatic heterocycles. The molecule has 0 unspecified atom stereocenters. The molecule has 0 N–H and O–H groups in total. The minimum atomic E-state index is -0.216. The molecule has 5 nitrogen and oxygen atoms in total. The highest BCUT2D eigenvalue weighted by Crippen LogP contribution is 2.23. The van der Waals surface area contributed by atoms with Gasteiger partial charge in [0.15, 0.2) is 12.4 Å². The van der Waals surface area contributed by atoms with Crippen LogP contribution in [0.15, 0.2) is 65.8 Å². The molecule has 0 bridgehead atoms. The first kappa shape index (κ1) is 13.7. The molecule has 0 saturated carbocycles. The van der Waals surface area contributed by atoms with Crippen molar-refractivity contribution in [2.24, 2.45) is 0 Å². The maximum Gasteiger partial charge on any atom is 0.204 e. The Kier molecular flexibility index (Phi) is 3.02. The lowest BCUT2D eigenvalue weighted by molar-refractivity contribution is -0.603. The van der Waals surface area contributed by atoms with E-state index in [0.717, 1.165) is 5.69 Å². The predicted molar refractivity (Wildman–Crippen MR) is 88.8 cm³/mol. The average molecular weight is 324 g/mol. The molecule has 0 atom stereocenters. The van der Waals surface area contributed by atoms with Gasteiger partial charge in [-0.1, -0.05) is 17.7 Å². The van der Waals surface area contributed by atoms with Gasteiger partial charge in [-0.3, -0.25) is 9.36 Å². The summed E-state index contributed by atoms with van der Waals surface area (Å²) >= 11 is 6.10. The van der Waals surface area contributed by atoms with E-state index in [4.69, 9.17) is 11.6 Å². The fourth-order valence-corrected chi connectivity index (χ4v) is 2.91.